The van der Waals surface area contributed by atoms with Crippen molar-refractivity contribution < 1.29 is 18.3 Å². The van der Waals surface area contributed by atoms with Gasteiger partial charge in [0.05, 0.1) is 29.2 Å². The number of piperidine rings is 2. The second-order valence-corrected chi connectivity index (χ2v) is 7.49. The van der Waals surface area contributed by atoms with Crippen LogP contribution in [0, 0.1) is 6.42 Å². The lowest BCUT2D eigenvalue weighted by atomic mass is 9.78. The van der Waals surface area contributed by atoms with Crippen LogP contribution in [0.15, 0.2) is 35.2 Å². The Labute approximate surface area is 118 Å². The zero-order valence-electron chi connectivity index (χ0n) is 10.8. The quantitative estimate of drug-likeness (QED) is 0.865. The highest BCUT2D eigenvalue weighted by Gasteiger charge is 2.56. The van der Waals surface area contributed by atoms with E-state index in [-0.39, 0.29) is 29.2 Å². The third kappa shape index (κ3) is 1.69. The van der Waals surface area contributed by atoms with Crippen LogP contribution >= 0.6 is 0 Å². The zero-order valence-corrected chi connectivity index (χ0v) is 11.6. The number of nitrogens with zero attached hydrogens (tertiary/aromatic N) is 1. The fourth-order valence-electron chi connectivity index (χ4n) is 3.63. The maximum absolute atomic E-state index is 12.8. The molecule has 4 aliphatic rings. The largest absolute Gasteiger partial charge is 0.389 e. The molecule has 0 unspecified atom stereocenters. The van der Waals surface area contributed by atoms with Crippen LogP contribution in [-0.2, 0) is 14.8 Å². The minimum absolute atomic E-state index is 0.0191. The predicted molar refractivity (Wildman–Crippen MR) is 71.2 cm³/mol. The van der Waals surface area contributed by atoms with Gasteiger partial charge in [-0.2, -0.15) is 4.31 Å². The third-order valence-electron chi connectivity index (χ3n) is 4.48. The summed E-state index contributed by atoms with van der Waals surface area (Å²) >= 11 is 0. The van der Waals surface area contributed by atoms with Gasteiger partial charge in [-0.15, -0.1) is 0 Å². The molecule has 5 rings (SSSR count). The van der Waals surface area contributed by atoms with E-state index in [4.69, 9.17) is 4.74 Å². The van der Waals surface area contributed by atoms with Crippen LogP contribution in [0.5, 0.6) is 0 Å². The Balaban J connectivity index is 1.75. The van der Waals surface area contributed by atoms with E-state index in [2.05, 4.69) is 0 Å². The van der Waals surface area contributed by atoms with Crippen LogP contribution in [0.1, 0.15) is 12.8 Å². The van der Waals surface area contributed by atoms with Gasteiger partial charge < -0.3 is 9.84 Å². The highest BCUT2D eigenvalue weighted by molar-refractivity contribution is 7.89. The summed E-state index contributed by atoms with van der Waals surface area (Å²) in [5.41, 5.74) is 0. The number of hydrogen-bond donors (Lipinski definition) is 1. The number of aliphatic hydroxyl groups is 1. The maximum atomic E-state index is 12.8. The lowest BCUT2D eigenvalue weighted by Crippen LogP contribution is -2.70. The Bertz CT molecular complexity index is 617. The molecular formula is C14H16NO4S. The smallest absolute Gasteiger partial charge is 0.243 e. The van der Waals surface area contributed by atoms with E-state index in [0.29, 0.717) is 12.8 Å². The summed E-state index contributed by atoms with van der Waals surface area (Å²) < 4.78 is 32.8. The number of aliphatic hydroxyl groups excluding tert-OH is 1. The highest BCUT2D eigenvalue weighted by atomic mass is 32.2. The molecule has 0 spiro atoms. The first-order chi connectivity index (χ1) is 9.57. The lowest BCUT2D eigenvalue weighted by molar-refractivity contribution is -0.193. The summed E-state index contributed by atoms with van der Waals surface area (Å²) in [6.45, 7) is 0. The van der Waals surface area contributed by atoms with Crippen LogP contribution in [0.3, 0.4) is 0 Å². The van der Waals surface area contributed by atoms with Crippen molar-refractivity contribution in [3.8, 4) is 0 Å². The van der Waals surface area contributed by atoms with Crippen molar-refractivity contribution in [2.45, 2.75) is 48.1 Å². The fourth-order valence-corrected chi connectivity index (χ4v) is 5.45. The van der Waals surface area contributed by atoms with E-state index >= 15 is 0 Å². The molecule has 5 nitrogen and oxygen atoms in total. The predicted octanol–water partition coefficient (Wildman–Crippen LogP) is 0.554. The molecule has 1 aromatic carbocycles. The van der Waals surface area contributed by atoms with Crippen molar-refractivity contribution in [1.29, 1.82) is 0 Å². The second-order valence-electron chi connectivity index (χ2n) is 5.65. The van der Waals surface area contributed by atoms with Crippen molar-refractivity contribution in [2.75, 3.05) is 0 Å². The Morgan fingerprint density at radius 2 is 1.95 bits per heavy atom. The summed E-state index contributed by atoms with van der Waals surface area (Å²) in [6.07, 6.45) is 2.07. The van der Waals surface area contributed by atoms with E-state index < -0.39 is 16.1 Å². The third-order valence-corrected chi connectivity index (χ3v) is 6.45. The molecule has 107 valence electrons. The molecule has 0 aromatic heterocycles. The van der Waals surface area contributed by atoms with Gasteiger partial charge in [0, 0.05) is 12.5 Å². The van der Waals surface area contributed by atoms with E-state index in [1.165, 1.54) is 4.31 Å². The Morgan fingerprint density at radius 3 is 2.70 bits per heavy atom. The summed E-state index contributed by atoms with van der Waals surface area (Å²) in [5, 5.41) is 10.3. The van der Waals surface area contributed by atoms with Gasteiger partial charge in [-0.05, 0) is 25.0 Å². The molecule has 4 heterocycles. The molecule has 20 heavy (non-hydrogen) atoms. The van der Waals surface area contributed by atoms with Crippen LogP contribution in [0.2, 0.25) is 0 Å². The van der Waals surface area contributed by atoms with E-state index in [1.807, 2.05) is 6.42 Å². The van der Waals surface area contributed by atoms with E-state index in [9.17, 15) is 13.5 Å². The van der Waals surface area contributed by atoms with E-state index in [1.54, 1.807) is 30.3 Å². The molecule has 4 saturated heterocycles. The van der Waals surface area contributed by atoms with Gasteiger partial charge >= 0.3 is 0 Å². The van der Waals surface area contributed by atoms with E-state index in [0.717, 1.165) is 0 Å². The number of rotatable bonds is 2. The molecule has 1 aromatic rings. The van der Waals surface area contributed by atoms with Gasteiger partial charge in [0.2, 0.25) is 10.0 Å². The molecule has 0 aliphatic carbocycles. The van der Waals surface area contributed by atoms with Gasteiger partial charge in [-0.3, -0.25) is 0 Å². The molecule has 4 aliphatic heterocycles. The molecule has 4 bridgehead atoms. The second kappa shape index (κ2) is 4.27. The normalized spacial score (nSPS) is 40.1. The Kier molecular flexibility index (Phi) is 2.73. The fraction of sp³-hybridized carbons (Fsp3) is 0.500. The van der Waals surface area contributed by atoms with Crippen molar-refractivity contribution in [1.82, 2.24) is 4.31 Å². The summed E-state index contributed by atoms with van der Waals surface area (Å²) in [6, 6.07) is 7.90. The molecule has 6 heteroatoms. The molecule has 0 saturated carbocycles. The molecule has 1 radical (unpaired) electrons. The lowest BCUT2D eigenvalue weighted by Gasteiger charge is -2.57. The van der Waals surface area contributed by atoms with Crippen LogP contribution < -0.4 is 0 Å². The van der Waals surface area contributed by atoms with Gasteiger partial charge in [0.15, 0.2) is 0 Å². The maximum Gasteiger partial charge on any atom is 0.243 e. The SMILES string of the molecule is O=S(=O)(c1ccccc1)N1[C@@H]2[CH][C@@H]3C[C@H]1[C@H](O)[C@H](C2)O3. The van der Waals surface area contributed by atoms with Crippen molar-refractivity contribution in [3.63, 3.8) is 0 Å². The average molecular weight is 294 g/mol. The summed E-state index contributed by atoms with van der Waals surface area (Å²) in [4.78, 5) is 0.286. The number of benzene rings is 1. The molecule has 5 atom stereocenters. The summed E-state index contributed by atoms with van der Waals surface area (Å²) in [5.74, 6) is 0. The average Bonchev–Trinajstić information content (AvgIpc) is 2.44. The molecule has 1 N–H and O–H groups in total. The zero-order chi connectivity index (χ0) is 13.9. The molecular weight excluding hydrogens is 278 g/mol. The van der Waals surface area contributed by atoms with Gasteiger partial charge in [0.25, 0.3) is 0 Å². The first-order valence-electron chi connectivity index (χ1n) is 6.84. The number of ether oxygens (including phenoxy) is 1. The standard InChI is InChI=1S/C14H16NO4S/c16-14-12-8-10-6-9(7-13(14)19-10)15(12)20(17,18)11-4-2-1-3-5-11/h1-6,9-10,12-14,16H,7-8H2/t9-,10-,12+,13+,14+/m1/s1. The van der Waals surface area contributed by atoms with Crippen molar-refractivity contribution in [3.05, 3.63) is 36.8 Å². The first kappa shape index (κ1) is 12.8. The van der Waals surface area contributed by atoms with Gasteiger partial charge in [-0.1, -0.05) is 18.2 Å². The van der Waals surface area contributed by atoms with Crippen molar-refractivity contribution >= 4 is 10.0 Å². The number of hydrogen-bond acceptors (Lipinski definition) is 4. The van der Waals surface area contributed by atoms with Crippen LogP contribution in [0.25, 0.3) is 0 Å². The first-order valence-corrected chi connectivity index (χ1v) is 8.28. The molecule has 0 amide bonds. The van der Waals surface area contributed by atoms with Gasteiger partial charge in [0.1, 0.15) is 0 Å². The van der Waals surface area contributed by atoms with Crippen LogP contribution in [0.4, 0.5) is 0 Å². The Hall–Kier alpha value is -0.950. The topological polar surface area (TPSA) is 66.8 Å². The van der Waals surface area contributed by atoms with Crippen LogP contribution in [-0.4, -0.2) is 48.2 Å². The Morgan fingerprint density at radius 1 is 1.20 bits per heavy atom. The monoisotopic (exact) mass is 294 g/mol. The minimum atomic E-state index is -3.57. The highest BCUT2D eigenvalue weighted by Crippen LogP contribution is 2.44. The minimum Gasteiger partial charge on any atom is -0.389 e. The van der Waals surface area contributed by atoms with Gasteiger partial charge in [-0.25, -0.2) is 8.42 Å². The molecule has 4 fully saturated rings. The van der Waals surface area contributed by atoms with Crippen molar-refractivity contribution in [2.24, 2.45) is 0 Å². The number of sulfonamides is 1. The summed E-state index contributed by atoms with van der Waals surface area (Å²) in [7, 11) is -3.57.